The molecule has 21 fully saturated rings. The minimum absolute atomic E-state index is 1.03. The summed E-state index contributed by atoms with van der Waals surface area (Å²) >= 11 is 16.5. The van der Waals surface area contributed by atoms with Gasteiger partial charge in [0.1, 0.15) is 0 Å². The zero-order valence-corrected chi connectivity index (χ0v) is 46.4. The topological polar surface area (TPSA) is 0 Å². The number of hydrogen-bond acceptors (Lipinski definition) is 7. The molecule has 0 aromatic heterocycles. The molecule has 7 saturated carbocycles. The van der Waals surface area contributed by atoms with Crippen LogP contribution in [0, 0.1) is 82.9 Å². The van der Waals surface area contributed by atoms with E-state index in [0.29, 0.717) is 0 Å². The zero-order chi connectivity index (χ0) is 42.7. The van der Waals surface area contributed by atoms with Crippen LogP contribution < -0.4 is 0 Å². The normalized spacial score (nSPS) is 42.7. The number of hydrogen-bond donors (Lipinski definition) is 0. The zero-order valence-electron chi connectivity index (χ0n) is 40.6. The third-order valence-electron chi connectivity index (χ3n) is 18.7. The summed E-state index contributed by atoms with van der Waals surface area (Å²) in [7, 11) is 0. The van der Waals surface area contributed by atoms with E-state index < -0.39 is 0 Å². The Kier molecular flexibility index (Phi) is 24.4. The van der Waals surface area contributed by atoms with E-state index in [4.69, 9.17) is 0 Å². The fourth-order valence-electron chi connectivity index (χ4n) is 13.8. The van der Waals surface area contributed by atoms with E-state index in [-0.39, 0.29) is 0 Å². The van der Waals surface area contributed by atoms with Gasteiger partial charge in [-0.2, -0.15) is 82.3 Å². The Morgan fingerprint density at radius 1 is 0.111 bits per heavy atom. The summed E-state index contributed by atoms with van der Waals surface area (Å²) in [5, 5.41) is 0. The van der Waals surface area contributed by atoms with Crippen LogP contribution in [0.4, 0.5) is 0 Å². The van der Waals surface area contributed by atoms with Crippen LogP contribution in [0.5, 0.6) is 0 Å². The van der Waals surface area contributed by atoms with E-state index in [0.717, 1.165) is 82.9 Å². The van der Waals surface area contributed by atoms with E-state index in [1.807, 2.05) is 0 Å². The maximum absolute atomic E-state index is 2.36. The van der Waals surface area contributed by atoms with Crippen molar-refractivity contribution in [3.63, 3.8) is 0 Å². The van der Waals surface area contributed by atoms with E-state index in [1.165, 1.54) is 260 Å². The molecule has 7 aliphatic carbocycles. The molecule has 14 heterocycles. The molecule has 0 N–H and O–H groups in total. The van der Waals surface area contributed by atoms with Gasteiger partial charge in [-0.05, 0) is 343 Å². The molecule has 14 aliphatic heterocycles. The molecule has 14 bridgehead atoms. The van der Waals surface area contributed by atoms with E-state index in [9.17, 15) is 0 Å². The second-order valence-corrected chi connectivity index (χ2v) is 31.5. The summed E-state index contributed by atoms with van der Waals surface area (Å²) in [6.07, 6.45) is 43.0. The Morgan fingerprint density at radius 2 is 0.175 bits per heavy atom. The summed E-state index contributed by atoms with van der Waals surface area (Å²) < 4.78 is 0. The maximum atomic E-state index is 2.36. The van der Waals surface area contributed by atoms with Crippen molar-refractivity contribution in [3.05, 3.63) is 0 Å². The van der Waals surface area contributed by atoms with Gasteiger partial charge < -0.3 is 0 Å². The highest BCUT2D eigenvalue weighted by Gasteiger charge is 2.29. The SMILES string of the molecule is C1CC2CCC1CSCC1CCC(CC1)CSCC1CCC(CC1)CSCC1CCC(CC1)CSCC1CCC(CC1)CSCC1CCC(CC1)CSCC1CCC(CC1)CSC2. The molecule has 0 spiro atoms. The first kappa shape index (κ1) is 51.8. The number of thioether (sulfide) groups is 7. The third kappa shape index (κ3) is 19.2. The van der Waals surface area contributed by atoms with Crippen LogP contribution in [0.2, 0.25) is 0 Å². The Bertz CT molecular complexity index is 821. The van der Waals surface area contributed by atoms with Crippen molar-refractivity contribution >= 4 is 82.3 Å². The van der Waals surface area contributed by atoms with Crippen LogP contribution in [0.1, 0.15) is 180 Å². The first-order valence-corrected chi connectivity index (χ1v) is 36.3. The van der Waals surface area contributed by atoms with Crippen LogP contribution in [0.15, 0.2) is 0 Å². The average molecular weight is 996 g/mol. The molecule has 63 heavy (non-hydrogen) atoms. The molecular weight excluding hydrogens is 897 g/mol. The largest absolute Gasteiger partial charge is 0.161 e. The molecule has 14 saturated heterocycles. The van der Waals surface area contributed by atoms with Gasteiger partial charge in [0.15, 0.2) is 0 Å². The van der Waals surface area contributed by atoms with Crippen molar-refractivity contribution in [1.29, 1.82) is 0 Å². The van der Waals surface area contributed by atoms with Gasteiger partial charge in [-0.25, -0.2) is 0 Å². The minimum atomic E-state index is 1.03. The molecule has 21 aliphatic rings. The predicted molar refractivity (Wildman–Crippen MR) is 299 cm³/mol. The van der Waals surface area contributed by atoms with E-state index in [1.54, 1.807) is 0 Å². The first-order chi connectivity index (χ1) is 31.1. The van der Waals surface area contributed by atoms with Crippen molar-refractivity contribution in [3.8, 4) is 0 Å². The molecule has 7 heteroatoms. The van der Waals surface area contributed by atoms with Crippen molar-refractivity contribution in [2.24, 2.45) is 82.9 Å². The Hall–Kier alpha value is 2.45. The Balaban J connectivity index is 0.705. The van der Waals surface area contributed by atoms with Crippen LogP contribution in [-0.2, 0) is 0 Å². The summed E-state index contributed by atoms with van der Waals surface area (Å²) in [4.78, 5) is 0. The molecule has 0 aromatic carbocycles. The van der Waals surface area contributed by atoms with Crippen molar-refractivity contribution in [2.75, 3.05) is 80.5 Å². The highest BCUT2D eigenvalue weighted by molar-refractivity contribution is 8.00. The Morgan fingerprint density at radius 3 is 0.238 bits per heavy atom. The quantitative estimate of drug-likeness (QED) is 0.234. The Labute approximate surface area is 422 Å². The molecule has 0 radical (unpaired) electrons. The molecule has 0 unspecified atom stereocenters. The van der Waals surface area contributed by atoms with Gasteiger partial charge in [0, 0.05) is 0 Å². The van der Waals surface area contributed by atoms with E-state index >= 15 is 0 Å². The average Bonchev–Trinajstić information content (AvgIpc) is 3.32. The standard InChI is InChI=1S/C56H98S7/c1-2-44-4-3-43(1)29-57-31-45-5-7-47(8-6-45)33-59-35-49-13-15-51(16-14-49)37-61-39-53-21-23-55(24-22-53)41-63-42-56-27-25-54(26-28-56)40-62-38-52-19-17-50(18-20-52)36-60-34-48-11-9-46(10-12-48)32-58-30-44/h43-56H,1-42H2. The third-order valence-corrected chi connectivity index (χ3v) is 28.6. The molecule has 0 nitrogen and oxygen atoms in total. The molecule has 21 rings (SSSR count). The summed E-state index contributed by atoms with van der Waals surface area (Å²) in [6, 6.07) is 0. The molecule has 0 amide bonds. The van der Waals surface area contributed by atoms with Crippen LogP contribution in [0.25, 0.3) is 0 Å². The summed E-state index contributed by atoms with van der Waals surface area (Å²) in [5.74, 6) is 35.0. The highest BCUT2D eigenvalue weighted by Crippen LogP contribution is 2.42. The monoisotopic (exact) mass is 995 g/mol. The lowest BCUT2D eigenvalue weighted by Crippen LogP contribution is -2.22. The lowest BCUT2D eigenvalue weighted by molar-refractivity contribution is 0.307. The first-order valence-electron chi connectivity index (χ1n) is 28.2. The van der Waals surface area contributed by atoms with Gasteiger partial charge in [-0.3, -0.25) is 0 Å². The van der Waals surface area contributed by atoms with Crippen LogP contribution >= 0.6 is 82.3 Å². The van der Waals surface area contributed by atoms with Gasteiger partial charge in [-0.1, -0.05) is 0 Å². The smallest absolute Gasteiger partial charge is 0.00390 e. The number of rotatable bonds is 0. The van der Waals surface area contributed by atoms with Crippen LogP contribution in [0.3, 0.4) is 0 Å². The van der Waals surface area contributed by atoms with Gasteiger partial charge in [0.05, 0.1) is 0 Å². The lowest BCUT2D eigenvalue weighted by atomic mass is 9.84. The predicted octanol–water partition coefficient (Wildman–Crippen LogP) is 17.8. The molecular formula is C56H98S7. The molecule has 0 atom stereocenters. The summed E-state index contributed by atoms with van der Waals surface area (Å²) in [6.45, 7) is 0. The lowest BCUT2D eigenvalue weighted by Gasteiger charge is -2.32. The van der Waals surface area contributed by atoms with Gasteiger partial charge >= 0.3 is 0 Å². The molecule has 364 valence electrons. The van der Waals surface area contributed by atoms with Crippen molar-refractivity contribution < 1.29 is 0 Å². The van der Waals surface area contributed by atoms with Gasteiger partial charge in [-0.15, -0.1) is 0 Å². The molecule has 0 aromatic rings. The van der Waals surface area contributed by atoms with Crippen molar-refractivity contribution in [2.45, 2.75) is 180 Å². The van der Waals surface area contributed by atoms with Crippen molar-refractivity contribution in [1.82, 2.24) is 0 Å². The van der Waals surface area contributed by atoms with Gasteiger partial charge in [0.25, 0.3) is 0 Å². The maximum Gasteiger partial charge on any atom is -0.00390 e. The second kappa shape index (κ2) is 29.7. The minimum Gasteiger partial charge on any atom is -0.161 e. The fraction of sp³-hybridized carbons (Fsp3) is 1.00. The highest BCUT2D eigenvalue weighted by atomic mass is 32.2. The van der Waals surface area contributed by atoms with Gasteiger partial charge in [0.2, 0.25) is 0 Å². The fourth-order valence-corrected chi connectivity index (χ4v) is 24.0. The summed E-state index contributed by atoms with van der Waals surface area (Å²) in [5.41, 5.74) is 0. The second-order valence-electron chi connectivity index (χ2n) is 24.0. The van der Waals surface area contributed by atoms with E-state index in [2.05, 4.69) is 82.3 Å². The van der Waals surface area contributed by atoms with Crippen LogP contribution in [-0.4, -0.2) is 80.5 Å².